The van der Waals surface area contributed by atoms with E-state index in [1.807, 2.05) is 89.5 Å². The second kappa shape index (κ2) is 9.08. The Bertz CT molecular complexity index is 2280. The molecule has 0 aliphatic rings. The van der Waals surface area contributed by atoms with E-state index >= 15 is 0 Å². The minimum Gasteiger partial charge on any atom is -0.464 e. The summed E-state index contributed by atoms with van der Waals surface area (Å²) in [5.41, 5.74) is 5.21. The largest absolute Gasteiger partial charge is 0.464 e. The Labute approximate surface area is 238 Å². The van der Waals surface area contributed by atoms with Crippen LogP contribution in [0.4, 0.5) is 13.2 Å². The van der Waals surface area contributed by atoms with Crippen molar-refractivity contribution in [3.63, 3.8) is 0 Å². The maximum absolute atomic E-state index is 13.5. The Morgan fingerprint density at radius 2 is 1.14 bits per heavy atom. The monoisotopic (exact) mass is 554 g/mol. The van der Waals surface area contributed by atoms with Crippen molar-refractivity contribution in [3.8, 4) is 28.2 Å². The zero-order valence-corrected chi connectivity index (χ0v) is 22.1. The molecule has 3 nitrogen and oxygen atoms in total. The molecule has 0 spiro atoms. The number of furan rings is 1. The van der Waals surface area contributed by atoms with Crippen LogP contribution in [0.25, 0.3) is 71.7 Å². The standard InChI is InChI=1S/C36H21F3N2O/c37-36(38,39)24-17-19-25(20-18-24)41-34-30-11-4-2-8-27(30)26-7-1-3-10-29(26)33(34)40-35(41)23-15-13-22(14-16-23)31-21-42-32-12-6-5-9-28(31)32/h1-21H. The fraction of sp³-hybridized carbons (Fsp3) is 0.0278. The minimum absolute atomic E-state index is 0.603. The van der Waals surface area contributed by atoms with Gasteiger partial charge in [-0.1, -0.05) is 91.0 Å². The van der Waals surface area contributed by atoms with E-state index in [0.717, 1.165) is 72.4 Å². The molecule has 42 heavy (non-hydrogen) atoms. The first-order valence-electron chi connectivity index (χ1n) is 13.5. The summed E-state index contributed by atoms with van der Waals surface area (Å²) >= 11 is 0. The summed E-state index contributed by atoms with van der Waals surface area (Å²) in [6.07, 6.45) is -2.66. The molecule has 202 valence electrons. The van der Waals surface area contributed by atoms with Crippen LogP contribution in [0, 0.1) is 0 Å². The van der Waals surface area contributed by atoms with Gasteiger partial charge in [-0.25, -0.2) is 4.98 Å². The third-order valence-electron chi connectivity index (χ3n) is 7.92. The van der Waals surface area contributed by atoms with Crippen LogP contribution in [0.15, 0.2) is 132 Å². The molecule has 0 saturated carbocycles. The lowest BCUT2D eigenvalue weighted by Crippen LogP contribution is -2.05. The zero-order chi connectivity index (χ0) is 28.4. The number of halogens is 3. The Morgan fingerprint density at radius 1 is 0.571 bits per heavy atom. The van der Waals surface area contributed by atoms with Gasteiger partial charge in [0.05, 0.1) is 22.9 Å². The van der Waals surface area contributed by atoms with Crippen LogP contribution in [-0.4, -0.2) is 9.55 Å². The predicted molar refractivity (Wildman–Crippen MR) is 162 cm³/mol. The molecule has 0 unspecified atom stereocenters. The highest BCUT2D eigenvalue weighted by Gasteiger charge is 2.30. The van der Waals surface area contributed by atoms with Crippen LogP contribution >= 0.6 is 0 Å². The number of benzene rings is 6. The first kappa shape index (κ1) is 24.4. The first-order valence-corrected chi connectivity index (χ1v) is 13.5. The molecule has 0 saturated heterocycles. The van der Waals surface area contributed by atoms with E-state index in [1.54, 1.807) is 6.26 Å². The molecule has 0 radical (unpaired) electrons. The van der Waals surface area contributed by atoms with Crippen LogP contribution in [0.1, 0.15) is 5.56 Å². The summed E-state index contributed by atoms with van der Waals surface area (Å²) in [7, 11) is 0. The molecular weight excluding hydrogens is 533 g/mol. The minimum atomic E-state index is -4.42. The van der Waals surface area contributed by atoms with Crippen molar-refractivity contribution >= 4 is 43.5 Å². The van der Waals surface area contributed by atoms with Crippen molar-refractivity contribution in [2.45, 2.75) is 6.18 Å². The van der Waals surface area contributed by atoms with Gasteiger partial charge in [-0.05, 0) is 46.7 Å². The lowest BCUT2D eigenvalue weighted by atomic mass is 10.00. The average molecular weight is 555 g/mol. The highest BCUT2D eigenvalue weighted by atomic mass is 19.4. The molecule has 6 aromatic carbocycles. The van der Waals surface area contributed by atoms with Gasteiger partial charge < -0.3 is 4.42 Å². The Kier molecular flexibility index (Phi) is 5.28. The predicted octanol–water partition coefficient (Wildman–Crippen LogP) is 10.4. The van der Waals surface area contributed by atoms with Crippen LogP contribution in [0.3, 0.4) is 0 Å². The number of hydrogen-bond donors (Lipinski definition) is 0. The SMILES string of the molecule is FC(F)(F)c1ccc(-n2c(-c3ccc(-c4coc5ccccc45)cc3)nc3c4ccccc4c4ccccc4c32)cc1. The van der Waals surface area contributed by atoms with Gasteiger partial charge in [0, 0.05) is 33.0 Å². The van der Waals surface area contributed by atoms with Crippen molar-refractivity contribution in [1.29, 1.82) is 0 Å². The molecule has 2 aromatic heterocycles. The van der Waals surface area contributed by atoms with Gasteiger partial charge in [-0.15, -0.1) is 0 Å². The molecular formula is C36H21F3N2O. The molecule has 0 aliphatic heterocycles. The fourth-order valence-corrected chi connectivity index (χ4v) is 5.95. The molecule has 0 atom stereocenters. The summed E-state index contributed by atoms with van der Waals surface area (Å²) in [5.74, 6) is 0.648. The van der Waals surface area contributed by atoms with Crippen LogP contribution < -0.4 is 0 Å². The van der Waals surface area contributed by atoms with Crippen molar-refractivity contribution in [1.82, 2.24) is 9.55 Å². The molecule has 2 heterocycles. The summed E-state index contributed by atoms with van der Waals surface area (Å²) in [4.78, 5) is 5.17. The van der Waals surface area contributed by atoms with Gasteiger partial charge in [-0.2, -0.15) is 13.2 Å². The van der Waals surface area contributed by atoms with Crippen molar-refractivity contribution in [2.24, 2.45) is 0 Å². The van der Waals surface area contributed by atoms with Gasteiger partial charge in [0.1, 0.15) is 11.4 Å². The molecule has 6 heteroatoms. The maximum Gasteiger partial charge on any atom is 0.416 e. The highest BCUT2D eigenvalue weighted by Crippen LogP contribution is 2.40. The van der Waals surface area contributed by atoms with Gasteiger partial charge in [0.15, 0.2) is 0 Å². The number of para-hydroxylation sites is 1. The smallest absolute Gasteiger partial charge is 0.416 e. The van der Waals surface area contributed by atoms with E-state index in [4.69, 9.17) is 9.40 Å². The third kappa shape index (κ3) is 3.72. The Balaban J connectivity index is 1.40. The molecule has 0 aliphatic carbocycles. The van der Waals surface area contributed by atoms with Gasteiger partial charge in [0.2, 0.25) is 0 Å². The van der Waals surface area contributed by atoms with Gasteiger partial charge >= 0.3 is 6.18 Å². The van der Waals surface area contributed by atoms with Crippen LogP contribution in [0.5, 0.6) is 0 Å². The average Bonchev–Trinajstić information content (AvgIpc) is 3.64. The second-order valence-corrected chi connectivity index (χ2v) is 10.3. The summed E-state index contributed by atoms with van der Waals surface area (Å²) in [6, 6.07) is 37.5. The molecule has 8 rings (SSSR count). The van der Waals surface area contributed by atoms with E-state index in [-0.39, 0.29) is 0 Å². The Morgan fingerprint density at radius 3 is 1.83 bits per heavy atom. The number of rotatable bonds is 3. The summed E-state index contributed by atoms with van der Waals surface area (Å²) in [6.45, 7) is 0. The van der Waals surface area contributed by atoms with Crippen LogP contribution in [-0.2, 0) is 6.18 Å². The zero-order valence-electron chi connectivity index (χ0n) is 22.1. The van der Waals surface area contributed by atoms with Crippen LogP contribution in [0.2, 0.25) is 0 Å². The summed E-state index contributed by atoms with van der Waals surface area (Å²) < 4.78 is 48.1. The number of imidazole rings is 1. The van der Waals surface area contributed by atoms with E-state index < -0.39 is 11.7 Å². The van der Waals surface area contributed by atoms with Crippen molar-refractivity contribution < 1.29 is 17.6 Å². The topological polar surface area (TPSA) is 31.0 Å². The van der Waals surface area contributed by atoms with E-state index in [0.29, 0.717) is 11.5 Å². The van der Waals surface area contributed by atoms with E-state index in [2.05, 4.69) is 12.1 Å². The molecule has 0 N–H and O–H groups in total. The van der Waals surface area contributed by atoms with Gasteiger partial charge in [0.25, 0.3) is 0 Å². The molecule has 0 amide bonds. The highest BCUT2D eigenvalue weighted by molar-refractivity contribution is 6.24. The fourth-order valence-electron chi connectivity index (χ4n) is 5.95. The summed E-state index contributed by atoms with van der Waals surface area (Å²) in [5, 5.41) is 5.12. The second-order valence-electron chi connectivity index (χ2n) is 10.3. The number of aromatic nitrogens is 2. The van der Waals surface area contributed by atoms with E-state index in [9.17, 15) is 13.2 Å². The number of nitrogens with zero attached hydrogens (tertiary/aromatic N) is 2. The van der Waals surface area contributed by atoms with Gasteiger partial charge in [-0.3, -0.25) is 4.57 Å². The molecule has 0 fully saturated rings. The first-order chi connectivity index (χ1) is 20.5. The maximum atomic E-state index is 13.5. The number of alkyl halides is 3. The molecule has 0 bridgehead atoms. The Hall–Kier alpha value is -5.36. The van der Waals surface area contributed by atoms with Crippen molar-refractivity contribution in [3.05, 3.63) is 133 Å². The third-order valence-corrected chi connectivity index (χ3v) is 7.92. The lowest BCUT2D eigenvalue weighted by Gasteiger charge is -2.14. The normalized spacial score (nSPS) is 12.2. The number of hydrogen-bond acceptors (Lipinski definition) is 2. The number of fused-ring (bicyclic) bond motifs is 7. The lowest BCUT2D eigenvalue weighted by molar-refractivity contribution is -0.137. The molecule has 8 aromatic rings. The quantitative estimate of drug-likeness (QED) is 0.203. The van der Waals surface area contributed by atoms with Crippen molar-refractivity contribution in [2.75, 3.05) is 0 Å². The van der Waals surface area contributed by atoms with E-state index in [1.165, 1.54) is 12.1 Å².